The number of nitrogens with zero attached hydrogens (tertiary/aromatic N) is 2. The zero-order valence-corrected chi connectivity index (χ0v) is 20.7. The van der Waals surface area contributed by atoms with Crippen molar-refractivity contribution in [2.45, 2.75) is 30.7 Å². The molecule has 0 radical (unpaired) electrons. The zero-order chi connectivity index (χ0) is 26.3. The van der Waals surface area contributed by atoms with E-state index >= 15 is 0 Å². The minimum Gasteiger partial charge on any atom is -0.358 e. The van der Waals surface area contributed by atoms with Crippen LogP contribution in [0, 0.1) is 13.8 Å². The molecule has 0 fully saturated rings. The van der Waals surface area contributed by atoms with Gasteiger partial charge in [-0.3, -0.25) is 4.79 Å². The van der Waals surface area contributed by atoms with Crippen molar-refractivity contribution >= 4 is 25.7 Å². The van der Waals surface area contributed by atoms with Gasteiger partial charge in [0.1, 0.15) is 10.5 Å². The van der Waals surface area contributed by atoms with Crippen LogP contribution in [0.5, 0.6) is 5.88 Å². The smallest absolute Gasteiger partial charge is 0.358 e. The summed E-state index contributed by atoms with van der Waals surface area (Å²) in [4.78, 5) is 13.2. The van der Waals surface area contributed by atoms with Crippen molar-refractivity contribution < 1.29 is 39.0 Å². The molecule has 13 heteroatoms. The first kappa shape index (κ1) is 26.4. The Morgan fingerprint density at radius 3 is 2.17 bits per heavy atom. The standard InChI is InChI=1S/C22H21F3N2O6S2/c1-13-5-8-17(9-6-13)35(31,32)33-21-19(14(2)26-27(21)3)20(28)18-10-7-16(22(23,24)25)11-15(18)12-34(4,29)30/h5-11H,12H2,1-4H3. The van der Waals surface area contributed by atoms with Gasteiger partial charge in [-0.25, -0.2) is 13.1 Å². The molecule has 3 rings (SSSR count). The molecule has 0 unspecified atom stereocenters. The molecule has 0 atom stereocenters. The Morgan fingerprint density at radius 1 is 1.03 bits per heavy atom. The van der Waals surface area contributed by atoms with E-state index in [1.165, 1.54) is 26.1 Å². The molecule has 2 aromatic carbocycles. The van der Waals surface area contributed by atoms with Crippen molar-refractivity contribution in [3.8, 4) is 5.88 Å². The van der Waals surface area contributed by atoms with Crippen LogP contribution in [0.1, 0.15) is 38.3 Å². The molecular formula is C22H21F3N2O6S2. The molecule has 188 valence electrons. The van der Waals surface area contributed by atoms with Gasteiger partial charge in [0.2, 0.25) is 11.7 Å². The first-order chi connectivity index (χ1) is 16.0. The number of rotatable bonds is 7. The average molecular weight is 531 g/mol. The number of hydrogen-bond acceptors (Lipinski definition) is 7. The van der Waals surface area contributed by atoms with Crippen LogP contribution in [-0.4, -0.2) is 38.7 Å². The number of aromatic nitrogens is 2. The van der Waals surface area contributed by atoms with Crippen molar-refractivity contribution in [3.05, 3.63) is 76.0 Å². The van der Waals surface area contributed by atoms with Gasteiger partial charge in [-0.1, -0.05) is 23.8 Å². The summed E-state index contributed by atoms with van der Waals surface area (Å²) in [5, 5.41) is 4.02. The summed E-state index contributed by atoms with van der Waals surface area (Å²) in [6, 6.07) is 7.83. The second kappa shape index (κ2) is 9.11. The second-order valence-corrected chi connectivity index (χ2v) is 11.7. The first-order valence-electron chi connectivity index (χ1n) is 9.97. The summed E-state index contributed by atoms with van der Waals surface area (Å²) < 4.78 is 95.3. The number of benzene rings is 2. The Kier molecular flexibility index (Phi) is 6.88. The van der Waals surface area contributed by atoms with Crippen molar-refractivity contribution in [1.82, 2.24) is 9.78 Å². The number of hydrogen-bond donors (Lipinski definition) is 0. The van der Waals surface area contributed by atoms with E-state index in [0.717, 1.165) is 22.6 Å². The fourth-order valence-corrected chi connectivity index (χ4v) is 5.15. The highest BCUT2D eigenvalue weighted by Gasteiger charge is 2.34. The van der Waals surface area contributed by atoms with Crippen LogP contribution >= 0.6 is 0 Å². The van der Waals surface area contributed by atoms with Gasteiger partial charge >= 0.3 is 16.3 Å². The molecule has 0 saturated heterocycles. The van der Waals surface area contributed by atoms with E-state index < -0.39 is 49.1 Å². The van der Waals surface area contributed by atoms with Crippen LogP contribution in [0.3, 0.4) is 0 Å². The highest BCUT2D eigenvalue weighted by Crippen LogP contribution is 2.33. The minimum absolute atomic E-state index is 0.0387. The predicted molar refractivity (Wildman–Crippen MR) is 120 cm³/mol. The first-order valence-corrected chi connectivity index (χ1v) is 13.4. The fraction of sp³-hybridized carbons (Fsp3) is 0.273. The lowest BCUT2D eigenvalue weighted by molar-refractivity contribution is -0.137. The monoisotopic (exact) mass is 530 g/mol. The van der Waals surface area contributed by atoms with Crippen LogP contribution in [-0.2, 0) is 38.9 Å². The largest absolute Gasteiger partial charge is 0.416 e. The minimum atomic E-state index is -4.77. The van der Waals surface area contributed by atoms with Gasteiger partial charge in [0.25, 0.3) is 0 Å². The lowest BCUT2D eigenvalue weighted by Crippen LogP contribution is -2.16. The Morgan fingerprint density at radius 2 is 1.63 bits per heavy atom. The maximum atomic E-state index is 13.4. The Bertz CT molecular complexity index is 1510. The normalized spacial score (nSPS) is 12.5. The lowest BCUT2D eigenvalue weighted by atomic mass is 9.97. The summed E-state index contributed by atoms with van der Waals surface area (Å²) in [6.07, 6.45) is -3.95. The summed E-state index contributed by atoms with van der Waals surface area (Å²) >= 11 is 0. The van der Waals surface area contributed by atoms with Crippen molar-refractivity contribution in [1.29, 1.82) is 0 Å². The van der Waals surface area contributed by atoms with E-state index in [1.54, 1.807) is 19.1 Å². The SMILES string of the molecule is Cc1ccc(S(=O)(=O)Oc2c(C(=O)c3ccc(C(F)(F)F)cc3CS(C)(=O)=O)c(C)nn2C)cc1. The molecule has 0 saturated carbocycles. The summed E-state index contributed by atoms with van der Waals surface area (Å²) in [5.41, 5.74) is -1.35. The highest BCUT2D eigenvalue weighted by molar-refractivity contribution is 7.89. The van der Waals surface area contributed by atoms with Gasteiger partial charge in [-0.2, -0.15) is 26.7 Å². The lowest BCUT2D eigenvalue weighted by Gasteiger charge is -2.14. The van der Waals surface area contributed by atoms with Crippen molar-refractivity contribution in [2.24, 2.45) is 7.05 Å². The van der Waals surface area contributed by atoms with Crippen molar-refractivity contribution in [2.75, 3.05) is 6.26 Å². The molecule has 0 amide bonds. The van der Waals surface area contributed by atoms with E-state index in [2.05, 4.69) is 5.10 Å². The fourth-order valence-electron chi connectivity index (χ4n) is 3.38. The Labute approximate surface area is 200 Å². The zero-order valence-electron chi connectivity index (χ0n) is 19.0. The van der Waals surface area contributed by atoms with E-state index in [9.17, 15) is 34.8 Å². The van der Waals surface area contributed by atoms with Crippen LogP contribution in [0.4, 0.5) is 13.2 Å². The number of carbonyl (C=O) groups is 1. The van der Waals surface area contributed by atoms with Gasteiger partial charge in [0.05, 0.1) is 17.0 Å². The molecule has 0 aliphatic carbocycles. The van der Waals surface area contributed by atoms with Crippen LogP contribution in [0.2, 0.25) is 0 Å². The number of alkyl halides is 3. The van der Waals surface area contributed by atoms with Crippen molar-refractivity contribution in [3.63, 3.8) is 0 Å². The number of ketones is 1. The number of carbonyl (C=O) groups excluding carboxylic acids is 1. The van der Waals surface area contributed by atoms with Gasteiger partial charge in [0.15, 0.2) is 9.84 Å². The maximum absolute atomic E-state index is 13.4. The Hall–Kier alpha value is -3.19. The average Bonchev–Trinajstić information content (AvgIpc) is 2.98. The third-order valence-corrected chi connectivity index (χ3v) is 7.05. The molecule has 0 spiro atoms. The van der Waals surface area contributed by atoms with E-state index in [0.29, 0.717) is 12.1 Å². The number of aryl methyl sites for hydroxylation is 3. The molecule has 0 N–H and O–H groups in total. The molecule has 0 aliphatic heterocycles. The third-order valence-electron chi connectivity index (χ3n) is 4.99. The van der Waals surface area contributed by atoms with E-state index in [4.69, 9.17) is 4.18 Å². The summed E-state index contributed by atoms with van der Waals surface area (Å²) in [5.74, 6) is -2.23. The summed E-state index contributed by atoms with van der Waals surface area (Å²) in [6.45, 7) is 3.15. The van der Waals surface area contributed by atoms with E-state index in [-0.39, 0.29) is 27.3 Å². The van der Waals surface area contributed by atoms with E-state index in [1.807, 2.05) is 0 Å². The topological polar surface area (TPSA) is 112 Å². The molecule has 35 heavy (non-hydrogen) atoms. The second-order valence-electron chi connectivity index (χ2n) is 8.01. The summed E-state index contributed by atoms with van der Waals surface area (Å²) in [7, 11) is -6.90. The number of sulfone groups is 1. The quantitative estimate of drug-likeness (QED) is 0.339. The maximum Gasteiger partial charge on any atom is 0.416 e. The third kappa shape index (κ3) is 5.90. The molecule has 1 heterocycles. The molecule has 0 bridgehead atoms. The predicted octanol–water partition coefficient (Wildman–Crippen LogP) is 3.60. The molecular weight excluding hydrogens is 509 g/mol. The molecule has 1 aromatic heterocycles. The van der Waals surface area contributed by atoms with Crippen LogP contribution < -0.4 is 4.18 Å². The Balaban J connectivity index is 2.13. The molecule has 8 nitrogen and oxygen atoms in total. The molecule has 0 aliphatic rings. The van der Waals surface area contributed by atoms with Crippen LogP contribution in [0.15, 0.2) is 47.4 Å². The molecule has 3 aromatic rings. The van der Waals surface area contributed by atoms with Gasteiger partial charge < -0.3 is 4.18 Å². The van der Waals surface area contributed by atoms with Gasteiger partial charge in [0, 0.05) is 18.9 Å². The van der Waals surface area contributed by atoms with Crippen LogP contribution in [0.25, 0.3) is 0 Å². The van der Waals surface area contributed by atoms with Gasteiger partial charge in [-0.05, 0) is 43.7 Å². The number of halogens is 3. The highest BCUT2D eigenvalue weighted by atomic mass is 32.2. The van der Waals surface area contributed by atoms with Gasteiger partial charge in [-0.15, -0.1) is 0 Å².